The summed E-state index contributed by atoms with van der Waals surface area (Å²) in [6.07, 6.45) is 0. The Morgan fingerprint density at radius 3 is 2.92 bits per heavy atom. The van der Waals surface area contributed by atoms with Gasteiger partial charge in [0.05, 0.1) is 6.61 Å². The minimum Gasteiger partial charge on any atom is -0.505 e. The van der Waals surface area contributed by atoms with Gasteiger partial charge in [-0.2, -0.15) is 0 Å². The van der Waals surface area contributed by atoms with E-state index in [2.05, 4.69) is 0 Å². The van der Waals surface area contributed by atoms with Crippen LogP contribution >= 0.6 is 11.3 Å². The Bertz CT molecular complexity index is 450. The molecule has 0 aliphatic carbocycles. The Labute approximate surface area is 77.9 Å². The second-order valence-electron chi connectivity index (χ2n) is 2.68. The first-order valence-corrected chi connectivity index (χ1v) is 4.60. The third kappa shape index (κ3) is 1.18. The highest BCUT2D eigenvalue weighted by atomic mass is 32.1. The molecule has 0 saturated heterocycles. The number of aliphatic hydroxyl groups excluding tert-OH is 1. The molecule has 0 bridgehead atoms. The highest BCUT2D eigenvalue weighted by Crippen LogP contribution is 2.33. The zero-order valence-electron chi connectivity index (χ0n) is 6.62. The van der Waals surface area contributed by atoms with Crippen LogP contribution in [0.3, 0.4) is 0 Å². The summed E-state index contributed by atoms with van der Waals surface area (Å²) < 4.78 is 13.8. The molecule has 0 spiro atoms. The Kier molecular flexibility index (Phi) is 1.94. The summed E-state index contributed by atoms with van der Waals surface area (Å²) in [5, 5.41) is 20.7. The van der Waals surface area contributed by atoms with E-state index in [1.807, 2.05) is 0 Å². The molecule has 2 rings (SSSR count). The number of thiophene rings is 1. The van der Waals surface area contributed by atoms with Crippen molar-refractivity contribution in [1.82, 2.24) is 0 Å². The molecule has 0 radical (unpaired) electrons. The molecule has 2 nitrogen and oxygen atoms in total. The topological polar surface area (TPSA) is 40.5 Å². The van der Waals surface area contributed by atoms with E-state index in [9.17, 15) is 9.50 Å². The first kappa shape index (κ1) is 8.47. The number of halogens is 1. The number of aliphatic hydroxyl groups is 1. The van der Waals surface area contributed by atoms with Crippen molar-refractivity contribution in [2.24, 2.45) is 0 Å². The molecular weight excluding hydrogens is 191 g/mol. The molecule has 2 aromatic rings. The van der Waals surface area contributed by atoms with Crippen molar-refractivity contribution in [3.8, 4) is 5.75 Å². The van der Waals surface area contributed by atoms with E-state index in [1.54, 1.807) is 11.4 Å². The number of hydrogen-bond acceptors (Lipinski definition) is 3. The lowest BCUT2D eigenvalue weighted by molar-refractivity contribution is 0.275. The normalized spacial score (nSPS) is 10.9. The van der Waals surface area contributed by atoms with Gasteiger partial charge in [-0.25, -0.2) is 4.39 Å². The molecule has 0 unspecified atom stereocenters. The van der Waals surface area contributed by atoms with E-state index in [4.69, 9.17) is 5.11 Å². The summed E-state index contributed by atoms with van der Waals surface area (Å²) in [6, 6.07) is 3.03. The monoisotopic (exact) mass is 198 g/mol. The van der Waals surface area contributed by atoms with Crippen molar-refractivity contribution in [3.63, 3.8) is 0 Å². The lowest BCUT2D eigenvalue weighted by Gasteiger charge is -2.03. The predicted octanol–water partition coefficient (Wildman–Crippen LogP) is 2.24. The van der Waals surface area contributed by atoms with E-state index in [0.717, 1.165) is 4.70 Å². The van der Waals surface area contributed by atoms with Gasteiger partial charge in [-0.1, -0.05) is 0 Å². The highest BCUT2D eigenvalue weighted by Gasteiger charge is 2.12. The van der Waals surface area contributed by atoms with Crippen LogP contribution in [0.15, 0.2) is 17.5 Å². The van der Waals surface area contributed by atoms with Gasteiger partial charge in [0.1, 0.15) is 0 Å². The molecule has 1 aromatic carbocycles. The smallest absolute Gasteiger partial charge is 0.166 e. The predicted molar refractivity (Wildman–Crippen MR) is 49.4 cm³/mol. The summed E-state index contributed by atoms with van der Waals surface area (Å²) in [5.41, 5.74) is 0.260. The number of phenols is 1. The second kappa shape index (κ2) is 2.97. The molecule has 4 heteroatoms. The van der Waals surface area contributed by atoms with Crippen LogP contribution in [0, 0.1) is 5.82 Å². The van der Waals surface area contributed by atoms with Crippen LogP contribution in [0.4, 0.5) is 4.39 Å². The van der Waals surface area contributed by atoms with Crippen molar-refractivity contribution in [3.05, 3.63) is 28.9 Å². The standard InChI is InChI=1S/C9H7FO2S/c10-7-3-8-5(1-2-13-8)6(4-11)9(7)12/h1-3,11-12H,4H2. The molecule has 68 valence electrons. The Morgan fingerprint density at radius 1 is 1.46 bits per heavy atom. The minimum atomic E-state index is -0.681. The van der Waals surface area contributed by atoms with Gasteiger partial charge in [0, 0.05) is 15.6 Å². The quantitative estimate of drug-likeness (QED) is 0.737. The maximum Gasteiger partial charge on any atom is 0.166 e. The third-order valence-corrected chi connectivity index (χ3v) is 2.81. The van der Waals surface area contributed by atoms with Crippen LogP contribution < -0.4 is 0 Å². The number of fused-ring (bicyclic) bond motifs is 1. The van der Waals surface area contributed by atoms with Gasteiger partial charge >= 0.3 is 0 Å². The van der Waals surface area contributed by atoms with Crippen LogP contribution in [0.1, 0.15) is 5.56 Å². The Morgan fingerprint density at radius 2 is 2.23 bits per heavy atom. The van der Waals surface area contributed by atoms with E-state index < -0.39 is 11.6 Å². The third-order valence-electron chi connectivity index (χ3n) is 1.95. The number of hydrogen-bond donors (Lipinski definition) is 2. The molecule has 0 amide bonds. The molecular formula is C9H7FO2S. The van der Waals surface area contributed by atoms with Crippen LogP contribution in [-0.4, -0.2) is 10.2 Å². The van der Waals surface area contributed by atoms with Crippen LogP contribution in [-0.2, 0) is 6.61 Å². The van der Waals surface area contributed by atoms with Crippen molar-refractivity contribution >= 4 is 21.4 Å². The van der Waals surface area contributed by atoms with Crippen molar-refractivity contribution in [2.75, 3.05) is 0 Å². The van der Waals surface area contributed by atoms with Crippen molar-refractivity contribution in [1.29, 1.82) is 0 Å². The second-order valence-corrected chi connectivity index (χ2v) is 3.62. The van der Waals surface area contributed by atoms with Gasteiger partial charge in [0.15, 0.2) is 11.6 Å². The summed E-state index contributed by atoms with van der Waals surface area (Å²) in [4.78, 5) is 0. The van der Waals surface area contributed by atoms with Crippen molar-refractivity contribution < 1.29 is 14.6 Å². The van der Waals surface area contributed by atoms with E-state index in [0.29, 0.717) is 5.39 Å². The summed E-state index contributed by atoms with van der Waals surface area (Å²) in [7, 11) is 0. The highest BCUT2D eigenvalue weighted by molar-refractivity contribution is 7.17. The van der Waals surface area contributed by atoms with Gasteiger partial charge in [-0.05, 0) is 17.5 Å². The van der Waals surface area contributed by atoms with Crippen LogP contribution in [0.25, 0.3) is 10.1 Å². The maximum atomic E-state index is 13.0. The summed E-state index contributed by atoms with van der Waals surface area (Å²) in [5.74, 6) is -1.13. The molecule has 0 atom stereocenters. The average molecular weight is 198 g/mol. The number of aromatic hydroxyl groups is 1. The van der Waals surface area contributed by atoms with Gasteiger partial charge < -0.3 is 10.2 Å². The van der Waals surface area contributed by atoms with Gasteiger partial charge in [0.25, 0.3) is 0 Å². The fourth-order valence-electron chi connectivity index (χ4n) is 1.30. The average Bonchev–Trinajstić information content (AvgIpc) is 2.54. The molecule has 0 aliphatic heterocycles. The summed E-state index contributed by atoms with van der Waals surface area (Å²) in [6.45, 7) is -0.350. The van der Waals surface area contributed by atoms with Crippen LogP contribution in [0.2, 0.25) is 0 Å². The lowest BCUT2D eigenvalue weighted by atomic mass is 10.1. The molecule has 0 aliphatic rings. The number of benzene rings is 1. The fourth-order valence-corrected chi connectivity index (χ4v) is 2.14. The maximum absolute atomic E-state index is 13.0. The first-order chi connectivity index (χ1) is 6.24. The lowest BCUT2D eigenvalue weighted by Crippen LogP contribution is -1.88. The molecule has 13 heavy (non-hydrogen) atoms. The molecule has 0 saturated carbocycles. The fraction of sp³-hybridized carbons (Fsp3) is 0.111. The molecule has 1 aromatic heterocycles. The van der Waals surface area contributed by atoms with E-state index in [-0.39, 0.29) is 12.2 Å². The zero-order chi connectivity index (χ0) is 9.42. The first-order valence-electron chi connectivity index (χ1n) is 3.72. The number of rotatable bonds is 1. The van der Waals surface area contributed by atoms with Gasteiger partial charge in [-0.3, -0.25) is 0 Å². The Hall–Kier alpha value is -1.13. The van der Waals surface area contributed by atoms with Gasteiger partial charge in [-0.15, -0.1) is 11.3 Å². The van der Waals surface area contributed by atoms with Gasteiger partial charge in [0.2, 0.25) is 0 Å². The molecule has 1 heterocycles. The SMILES string of the molecule is OCc1c(O)c(F)cc2sccc12. The van der Waals surface area contributed by atoms with Crippen LogP contribution in [0.5, 0.6) is 5.75 Å². The Balaban J connectivity index is 2.87. The van der Waals surface area contributed by atoms with E-state index in [1.165, 1.54) is 17.4 Å². The molecule has 2 N–H and O–H groups in total. The van der Waals surface area contributed by atoms with Crippen molar-refractivity contribution in [2.45, 2.75) is 6.61 Å². The largest absolute Gasteiger partial charge is 0.505 e. The van der Waals surface area contributed by atoms with E-state index >= 15 is 0 Å². The molecule has 0 fully saturated rings. The minimum absolute atomic E-state index is 0.260. The summed E-state index contributed by atoms with van der Waals surface area (Å²) >= 11 is 1.38. The zero-order valence-corrected chi connectivity index (χ0v) is 7.44.